The lowest BCUT2D eigenvalue weighted by molar-refractivity contribution is -0.125. The third-order valence-corrected chi connectivity index (χ3v) is 2.65. The van der Waals surface area contributed by atoms with E-state index in [4.69, 9.17) is 0 Å². The molecule has 0 spiro atoms. The molecule has 2 aliphatic rings. The number of aromatic nitrogens is 2. The Hall–Kier alpha value is -2.04. The van der Waals surface area contributed by atoms with Crippen molar-refractivity contribution in [2.24, 2.45) is 4.99 Å². The summed E-state index contributed by atoms with van der Waals surface area (Å²) in [5.41, 5.74) is 2.28. The van der Waals surface area contributed by atoms with Crippen molar-refractivity contribution in [1.29, 1.82) is 0 Å². The number of rotatable bonds is 0. The van der Waals surface area contributed by atoms with Gasteiger partial charge in [-0.15, -0.1) is 0 Å². The highest BCUT2D eigenvalue weighted by molar-refractivity contribution is 6.16. The Morgan fingerprint density at radius 1 is 1.44 bits per heavy atom. The van der Waals surface area contributed by atoms with Crippen LogP contribution in [0.4, 0.5) is 0 Å². The van der Waals surface area contributed by atoms with E-state index in [-0.39, 0.29) is 11.9 Å². The number of hydrogen-bond acceptors (Lipinski definition) is 4. The minimum absolute atomic E-state index is 0.0137. The topological polar surface area (TPSA) is 58.5 Å². The summed E-state index contributed by atoms with van der Waals surface area (Å²) in [6, 6.07) is -0.326. The van der Waals surface area contributed by atoms with Gasteiger partial charge < -0.3 is 0 Å². The number of amidine groups is 1. The maximum atomic E-state index is 11.7. The molecule has 80 valence electrons. The Kier molecular flexibility index (Phi) is 1.71. The molecule has 1 unspecified atom stereocenters. The fraction of sp³-hybridized carbons (Fsp3) is 0.273. The van der Waals surface area contributed by atoms with Crippen molar-refractivity contribution in [1.82, 2.24) is 14.9 Å². The van der Waals surface area contributed by atoms with Gasteiger partial charge in [0.15, 0.2) is 5.84 Å². The fourth-order valence-electron chi connectivity index (χ4n) is 1.84. The van der Waals surface area contributed by atoms with Crippen LogP contribution in [0.3, 0.4) is 0 Å². The van der Waals surface area contributed by atoms with Crippen molar-refractivity contribution in [3.05, 3.63) is 29.5 Å². The van der Waals surface area contributed by atoms with Gasteiger partial charge in [-0.05, 0) is 19.9 Å². The number of carbonyl (C=O) groups excluding carboxylic acids is 1. The predicted octanol–water partition coefficient (Wildman–Crippen LogP) is 0.747. The van der Waals surface area contributed by atoms with E-state index in [0.717, 1.165) is 11.4 Å². The lowest BCUT2D eigenvalue weighted by Crippen LogP contribution is -2.33. The molecule has 5 nitrogen and oxygen atoms in total. The lowest BCUT2D eigenvalue weighted by atomic mass is 10.2. The van der Waals surface area contributed by atoms with E-state index < -0.39 is 0 Å². The smallest absolute Gasteiger partial charge is 0.256 e. The molecule has 0 aromatic carbocycles. The van der Waals surface area contributed by atoms with Crippen LogP contribution in [-0.4, -0.2) is 32.7 Å². The largest absolute Gasteiger partial charge is 0.272 e. The zero-order valence-electron chi connectivity index (χ0n) is 9.01. The molecular weight excluding hydrogens is 204 g/mol. The van der Waals surface area contributed by atoms with E-state index in [0.29, 0.717) is 11.5 Å². The van der Waals surface area contributed by atoms with Crippen LogP contribution in [0.1, 0.15) is 24.0 Å². The number of amides is 1. The van der Waals surface area contributed by atoms with Crippen LogP contribution < -0.4 is 0 Å². The predicted molar refractivity (Wildman–Crippen MR) is 58.6 cm³/mol. The number of nitrogens with zero attached hydrogens (tertiary/aromatic N) is 4. The average Bonchev–Trinajstić information content (AvgIpc) is 2.56. The molecule has 1 aromatic rings. The summed E-state index contributed by atoms with van der Waals surface area (Å²) in [6.45, 7) is 3.65. The Morgan fingerprint density at radius 2 is 2.25 bits per heavy atom. The molecule has 0 bridgehead atoms. The van der Waals surface area contributed by atoms with Gasteiger partial charge in [-0.1, -0.05) is 0 Å². The Bertz CT molecular complexity index is 547. The van der Waals surface area contributed by atoms with E-state index in [1.54, 1.807) is 30.3 Å². The van der Waals surface area contributed by atoms with Crippen LogP contribution in [0, 0.1) is 6.92 Å². The first kappa shape index (κ1) is 9.21. The maximum absolute atomic E-state index is 11.7. The van der Waals surface area contributed by atoms with Crippen LogP contribution in [-0.2, 0) is 4.79 Å². The molecule has 16 heavy (non-hydrogen) atoms. The van der Waals surface area contributed by atoms with E-state index in [1.807, 2.05) is 6.92 Å². The molecule has 0 radical (unpaired) electrons. The first-order chi connectivity index (χ1) is 7.66. The second-order valence-corrected chi connectivity index (χ2v) is 3.90. The summed E-state index contributed by atoms with van der Waals surface area (Å²) < 4.78 is 0. The summed E-state index contributed by atoms with van der Waals surface area (Å²) in [6.07, 6.45) is 5.20. The summed E-state index contributed by atoms with van der Waals surface area (Å²) in [5, 5.41) is 0. The Balaban J connectivity index is 2.21. The standard InChI is InChI=1S/C11H10N4O/c1-6-5-12-8-3-4-15-10(9(8)13-6)14-7(2)11(15)16/h3-5,7H,1-2H3. The molecular formula is C11H10N4O. The van der Waals surface area contributed by atoms with Gasteiger partial charge in [0.25, 0.3) is 5.91 Å². The second-order valence-electron chi connectivity index (χ2n) is 3.90. The zero-order valence-corrected chi connectivity index (χ0v) is 9.01. The van der Waals surface area contributed by atoms with Crippen molar-refractivity contribution in [3.63, 3.8) is 0 Å². The summed E-state index contributed by atoms with van der Waals surface area (Å²) in [4.78, 5) is 26.3. The van der Waals surface area contributed by atoms with Crippen molar-refractivity contribution in [3.8, 4) is 0 Å². The minimum atomic E-state index is -0.326. The van der Waals surface area contributed by atoms with Crippen LogP contribution in [0.2, 0.25) is 0 Å². The van der Waals surface area contributed by atoms with Crippen LogP contribution in [0.5, 0.6) is 0 Å². The van der Waals surface area contributed by atoms with Crippen molar-refractivity contribution in [2.45, 2.75) is 19.9 Å². The highest BCUT2D eigenvalue weighted by Crippen LogP contribution is 2.23. The van der Waals surface area contributed by atoms with E-state index in [9.17, 15) is 4.79 Å². The average molecular weight is 214 g/mol. The van der Waals surface area contributed by atoms with E-state index in [1.165, 1.54) is 0 Å². The molecule has 2 aliphatic heterocycles. The summed E-state index contributed by atoms with van der Waals surface area (Å²) in [7, 11) is 0. The zero-order chi connectivity index (χ0) is 11.3. The van der Waals surface area contributed by atoms with Gasteiger partial charge >= 0.3 is 0 Å². The molecule has 0 saturated carbocycles. The molecule has 0 N–H and O–H groups in total. The quantitative estimate of drug-likeness (QED) is 0.640. The van der Waals surface area contributed by atoms with Crippen molar-refractivity contribution >= 4 is 17.8 Å². The van der Waals surface area contributed by atoms with Gasteiger partial charge in [-0.2, -0.15) is 0 Å². The van der Waals surface area contributed by atoms with Gasteiger partial charge in [0.1, 0.15) is 11.7 Å². The highest BCUT2D eigenvalue weighted by Gasteiger charge is 2.34. The Labute approximate surface area is 92.5 Å². The molecule has 3 heterocycles. The van der Waals surface area contributed by atoms with Gasteiger partial charge in [0.2, 0.25) is 0 Å². The molecule has 5 heteroatoms. The van der Waals surface area contributed by atoms with Gasteiger partial charge in [0, 0.05) is 12.4 Å². The highest BCUT2D eigenvalue weighted by atomic mass is 16.2. The number of fused-ring (bicyclic) bond motifs is 3. The van der Waals surface area contributed by atoms with Gasteiger partial charge in [-0.25, -0.2) is 4.98 Å². The molecule has 0 saturated heterocycles. The van der Waals surface area contributed by atoms with Crippen LogP contribution >= 0.6 is 0 Å². The van der Waals surface area contributed by atoms with Crippen LogP contribution in [0.15, 0.2) is 17.4 Å². The number of aryl methyl sites for hydroxylation is 1. The first-order valence-electron chi connectivity index (χ1n) is 5.10. The monoisotopic (exact) mass is 214 g/mol. The summed E-state index contributed by atoms with van der Waals surface area (Å²) >= 11 is 0. The van der Waals surface area contributed by atoms with Crippen molar-refractivity contribution < 1.29 is 4.79 Å². The molecule has 1 atom stereocenters. The normalized spacial score (nSPS) is 21.9. The minimum Gasteiger partial charge on any atom is -0.272 e. The fourth-order valence-corrected chi connectivity index (χ4v) is 1.84. The lowest BCUT2D eigenvalue weighted by Gasteiger charge is -2.18. The molecule has 0 aliphatic carbocycles. The Morgan fingerprint density at radius 3 is 3.06 bits per heavy atom. The first-order valence-corrected chi connectivity index (χ1v) is 5.10. The van der Waals surface area contributed by atoms with Crippen LogP contribution in [0.25, 0.3) is 6.08 Å². The number of carbonyl (C=O) groups is 1. The number of hydrogen-bond donors (Lipinski definition) is 0. The molecule has 3 rings (SSSR count). The van der Waals surface area contributed by atoms with Gasteiger partial charge in [0.05, 0.1) is 11.4 Å². The summed E-state index contributed by atoms with van der Waals surface area (Å²) in [5.74, 6) is 0.603. The van der Waals surface area contributed by atoms with Gasteiger partial charge in [-0.3, -0.25) is 19.7 Å². The third-order valence-electron chi connectivity index (χ3n) is 2.65. The van der Waals surface area contributed by atoms with E-state index >= 15 is 0 Å². The SMILES string of the molecule is Cc1cnc2c(n1)C1=NC(C)C(=O)N1C=C2. The van der Waals surface area contributed by atoms with Crippen molar-refractivity contribution in [2.75, 3.05) is 0 Å². The third kappa shape index (κ3) is 1.11. The second kappa shape index (κ2) is 2.98. The van der Waals surface area contributed by atoms with E-state index in [2.05, 4.69) is 15.0 Å². The molecule has 0 fully saturated rings. The molecule has 1 aromatic heterocycles. The molecule has 1 amide bonds. The maximum Gasteiger partial charge on any atom is 0.256 e. The number of aliphatic imine (C=N–C) groups is 1.